The van der Waals surface area contributed by atoms with Crippen LogP contribution in [0.15, 0.2) is 18.2 Å². The van der Waals surface area contributed by atoms with E-state index >= 15 is 0 Å². The van der Waals surface area contributed by atoms with Gasteiger partial charge in [0.15, 0.2) is 11.6 Å². The Morgan fingerprint density at radius 2 is 2.13 bits per heavy atom. The molecule has 0 amide bonds. The van der Waals surface area contributed by atoms with Crippen LogP contribution < -0.4 is 10.1 Å². The van der Waals surface area contributed by atoms with Crippen LogP contribution in [0.4, 0.5) is 4.39 Å². The summed E-state index contributed by atoms with van der Waals surface area (Å²) in [6.45, 7) is 1.83. The smallest absolute Gasteiger partial charge is 0.165 e. The summed E-state index contributed by atoms with van der Waals surface area (Å²) in [4.78, 5) is 0. The van der Waals surface area contributed by atoms with Gasteiger partial charge < -0.3 is 15.2 Å². The Morgan fingerprint density at radius 1 is 1.47 bits per heavy atom. The third-order valence-corrected chi connectivity index (χ3v) is 2.45. The number of methoxy groups -OCH3 is 1. The van der Waals surface area contributed by atoms with Crippen molar-refractivity contribution in [3.63, 3.8) is 0 Å². The molecule has 2 unspecified atom stereocenters. The molecule has 0 aliphatic heterocycles. The lowest BCUT2D eigenvalue weighted by molar-refractivity contribution is 0.139. The minimum absolute atomic E-state index is 0.127. The number of ether oxygens (including phenoxy) is 1. The number of rotatable bonds is 4. The first-order valence-corrected chi connectivity index (χ1v) is 4.79. The standard InChI is InChI=1S/C11H16FNO2/c1-7(13-2)11(14)8-4-5-10(15-3)9(12)6-8/h4-7,11,13-14H,1-3H3. The molecule has 0 aliphatic rings. The highest BCUT2D eigenvalue weighted by molar-refractivity contribution is 5.30. The number of hydrogen-bond donors (Lipinski definition) is 2. The van der Waals surface area contributed by atoms with Gasteiger partial charge in [0.05, 0.1) is 13.2 Å². The van der Waals surface area contributed by atoms with E-state index < -0.39 is 11.9 Å². The molecule has 0 spiro atoms. The van der Waals surface area contributed by atoms with Crippen LogP contribution in [0.2, 0.25) is 0 Å². The van der Waals surface area contributed by atoms with Gasteiger partial charge in [-0.1, -0.05) is 6.07 Å². The maximum atomic E-state index is 13.3. The molecule has 0 aliphatic carbocycles. The van der Waals surface area contributed by atoms with E-state index in [9.17, 15) is 9.50 Å². The van der Waals surface area contributed by atoms with Gasteiger partial charge in [-0.15, -0.1) is 0 Å². The molecule has 15 heavy (non-hydrogen) atoms. The fraction of sp³-hybridized carbons (Fsp3) is 0.455. The number of halogens is 1. The first kappa shape index (κ1) is 11.9. The molecule has 2 N–H and O–H groups in total. The molecule has 2 atom stereocenters. The van der Waals surface area contributed by atoms with Gasteiger partial charge in [-0.05, 0) is 31.7 Å². The van der Waals surface area contributed by atoms with E-state index in [0.29, 0.717) is 5.56 Å². The van der Waals surface area contributed by atoms with Gasteiger partial charge in [0.2, 0.25) is 0 Å². The highest BCUT2D eigenvalue weighted by Crippen LogP contribution is 2.23. The van der Waals surface area contributed by atoms with Crippen LogP contribution in [0.3, 0.4) is 0 Å². The van der Waals surface area contributed by atoms with Crippen LogP contribution in [0.1, 0.15) is 18.6 Å². The molecule has 1 rings (SSSR count). The van der Waals surface area contributed by atoms with Gasteiger partial charge in [-0.2, -0.15) is 0 Å². The lowest BCUT2D eigenvalue weighted by atomic mass is 10.0. The fourth-order valence-corrected chi connectivity index (χ4v) is 1.31. The zero-order valence-corrected chi connectivity index (χ0v) is 9.12. The normalized spacial score (nSPS) is 14.7. The zero-order chi connectivity index (χ0) is 11.4. The molecule has 84 valence electrons. The van der Waals surface area contributed by atoms with E-state index in [2.05, 4.69) is 5.32 Å². The Morgan fingerprint density at radius 3 is 2.60 bits per heavy atom. The maximum Gasteiger partial charge on any atom is 0.165 e. The van der Waals surface area contributed by atoms with Crippen molar-refractivity contribution in [2.45, 2.75) is 19.1 Å². The average Bonchev–Trinajstić information content (AvgIpc) is 2.26. The Hall–Kier alpha value is -1.13. The van der Waals surface area contributed by atoms with Gasteiger partial charge >= 0.3 is 0 Å². The second kappa shape index (κ2) is 5.09. The van der Waals surface area contributed by atoms with Crippen LogP contribution in [0.5, 0.6) is 5.75 Å². The van der Waals surface area contributed by atoms with Crippen molar-refractivity contribution >= 4 is 0 Å². The Kier molecular flexibility index (Phi) is 4.05. The molecule has 1 aromatic rings. The predicted molar refractivity (Wildman–Crippen MR) is 56.4 cm³/mol. The van der Waals surface area contributed by atoms with Crippen molar-refractivity contribution in [1.29, 1.82) is 0 Å². The Bertz CT molecular complexity index is 330. The van der Waals surface area contributed by atoms with E-state index in [1.54, 1.807) is 13.1 Å². The fourth-order valence-electron chi connectivity index (χ4n) is 1.31. The summed E-state index contributed by atoms with van der Waals surface area (Å²) in [6, 6.07) is 4.33. The van der Waals surface area contributed by atoms with Crippen LogP contribution in [0.25, 0.3) is 0 Å². The molecule has 0 saturated carbocycles. The molecule has 0 saturated heterocycles. The molecular weight excluding hydrogens is 197 g/mol. The molecule has 0 radical (unpaired) electrons. The quantitative estimate of drug-likeness (QED) is 0.796. The number of benzene rings is 1. The first-order chi connectivity index (χ1) is 7.10. The number of hydrogen-bond acceptors (Lipinski definition) is 3. The minimum atomic E-state index is -0.726. The molecule has 3 nitrogen and oxygen atoms in total. The van der Waals surface area contributed by atoms with Crippen LogP contribution >= 0.6 is 0 Å². The molecule has 0 bridgehead atoms. The number of aliphatic hydroxyl groups is 1. The first-order valence-electron chi connectivity index (χ1n) is 4.79. The Labute approximate surface area is 88.9 Å². The minimum Gasteiger partial charge on any atom is -0.494 e. The van der Waals surface area contributed by atoms with E-state index in [1.165, 1.54) is 19.2 Å². The SMILES string of the molecule is CNC(C)C(O)c1ccc(OC)c(F)c1. The lowest BCUT2D eigenvalue weighted by Gasteiger charge is -2.18. The van der Waals surface area contributed by atoms with Gasteiger partial charge in [-0.25, -0.2) is 4.39 Å². The highest BCUT2D eigenvalue weighted by Gasteiger charge is 2.16. The van der Waals surface area contributed by atoms with Crippen molar-refractivity contribution in [2.24, 2.45) is 0 Å². The largest absolute Gasteiger partial charge is 0.494 e. The topological polar surface area (TPSA) is 41.5 Å². The van der Waals surface area contributed by atoms with E-state index in [4.69, 9.17) is 4.74 Å². The highest BCUT2D eigenvalue weighted by atomic mass is 19.1. The molecule has 0 aromatic heterocycles. The summed E-state index contributed by atoms with van der Waals surface area (Å²) in [5, 5.41) is 12.7. The number of aliphatic hydroxyl groups excluding tert-OH is 1. The monoisotopic (exact) mass is 213 g/mol. The van der Waals surface area contributed by atoms with Crippen molar-refractivity contribution in [3.05, 3.63) is 29.6 Å². The summed E-state index contributed by atoms with van der Waals surface area (Å²) >= 11 is 0. The lowest BCUT2D eigenvalue weighted by Crippen LogP contribution is -2.28. The number of likely N-dealkylation sites (N-methyl/N-ethyl adjacent to an activating group) is 1. The summed E-state index contributed by atoms with van der Waals surface area (Å²) < 4.78 is 18.1. The molecule has 0 heterocycles. The number of nitrogens with one attached hydrogen (secondary N) is 1. The van der Waals surface area contributed by atoms with E-state index in [1.807, 2.05) is 6.92 Å². The van der Waals surface area contributed by atoms with Crippen molar-refractivity contribution in [2.75, 3.05) is 14.2 Å². The van der Waals surface area contributed by atoms with E-state index in [0.717, 1.165) is 0 Å². The second-order valence-electron chi connectivity index (χ2n) is 3.42. The van der Waals surface area contributed by atoms with Gasteiger partial charge in [0.25, 0.3) is 0 Å². The van der Waals surface area contributed by atoms with Gasteiger partial charge in [0, 0.05) is 6.04 Å². The Balaban J connectivity index is 2.92. The zero-order valence-electron chi connectivity index (χ0n) is 9.12. The van der Waals surface area contributed by atoms with Gasteiger partial charge in [-0.3, -0.25) is 0 Å². The van der Waals surface area contributed by atoms with Crippen molar-refractivity contribution in [3.8, 4) is 5.75 Å². The molecule has 0 fully saturated rings. The van der Waals surface area contributed by atoms with Crippen molar-refractivity contribution in [1.82, 2.24) is 5.32 Å². The van der Waals surface area contributed by atoms with Crippen LogP contribution in [-0.2, 0) is 0 Å². The second-order valence-corrected chi connectivity index (χ2v) is 3.42. The summed E-state index contributed by atoms with van der Waals surface area (Å²) in [7, 11) is 3.15. The third-order valence-electron chi connectivity index (χ3n) is 2.45. The van der Waals surface area contributed by atoms with E-state index in [-0.39, 0.29) is 11.8 Å². The molecular formula is C11H16FNO2. The predicted octanol–water partition coefficient (Wildman–Crippen LogP) is 1.48. The van der Waals surface area contributed by atoms with Crippen molar-refractivity contribution < 1.29 is 14.2 Å². The summed E-state index contributed by atoms with van der Waals surface area (Å²) in [5.41, 5.74) is 0.537. The molecule has 1 aromatic carbocycles. The molecule has 4 heteroatoms. The average molecular weight is 213 g/mol. The third kappa shape index (κ3) is 2.67. The maximum absolute atomic E-state index is 13.3. The van der Waals surface area contributed by atoms with Gasteiger partial charge in [0.1, 0.15) is 0 Å². The summed E-state index contributed by atoms with van der Waals surface area (Å²) in [5.74, 6) is -0.277. The summed E-state index contributed by atoms with van der Waals surface area (Å²) in [6.07, 6.45) is -0.726. The van der Waals surface area contributed by atoms with Crippen LogP contribution in [0, 0.1) is 5.82 Å². The van der Waals surface area contributed by atoms with Crippen LogP contribution in [-0.4, -0.2) is 25.3 Å².